The van der Waals surface area contributed by atoms with E-state index in [0.29, 0.717) is 18.4 Å². The number of hydrogen-bond acceptors (Lipinski definition) is 5. The van der Waals surface area contributed by atoms with Gasteiger partial charge in [-0.3, -0.25) is 9.69 Å². The van der Waals surface area contributed by atoms with Crippen LogP contribution in [0.4, 0.5) is 0 Å². The standard InChI is InChI=1S/C18H27N5O2/c1-13(2)16-9-20-18(25-16)12-23(14(3)24)15-5-7-22(10-15)11-17-19-6-8-21(17)4/h6,8-9,13,15H,5,7,10-12H2,1-4H3/t15-/m1/s1. The number of hydrogen-bond donors (Lipinski definition) is 0. The highest BCUT2D eigenvalue weighted by molar-refractivity contribution is 5.73. The number of nitrogens with zero attached hydrogens (tertiary/aromatic N) is 5. The van der Waals surface area contributed by atoms with Gasteiger partial charge in [0.05, 0.1) is 19.3 Å². The fourth-order valence-electron chi connectivity index (χ4n) is 3.27. The number of rotatable bonds is 6. The lowest BCUT2D eigenvalue weighted by Crippen LogP contribution is -2.40. The molecular formula is C18H27N5O2. The van der Waals surface area contributed by atoms with E-state index in [4.69, 9.17) is 4.42 Å². The van der Waals surface area contributed by atoms with E-state index in [2.05, 4.69) is 28.7 Å². The number of aromatic nitrogens is 3. The van der Waals surface area contributed by atoms with Crippen molar-refractivity contribution in [3.05, 3.63) is 36.1 Å². The first kappa shape index (κ1) is 17.7. The maximum absolute atomic E-state index is 12.2. The zero-order valence-electron chi connectivity index (χ0n) is 15.5. The van der Waals surface area contributed by atoms with Gasteiger partial charge >= 0.3 is 0 Å². The topological polar surface area (TPSA) is 67.4 Å². The van der Waals surface area contributed by atoms with Crippen LogP contribution in [-0.4, -0.2) is 49.4 Å². The number of imidazole rings is 1. The molecular weight excluding hydrogens is 318 g/mol. The quantitative estimate of drug-likeness (QED) is 0.802. The fourth-order valence-corrected chi connectivity index (χ4v) is 3.27. The molecule has 0 bridgehead atoms. The minimum absolute atomic E-state index is 0.0631. The summed E-state index contributed by atoms with van der Waals surface area (Å²) in [5.41, 5.74) is 0. The SMILES string of the molecule is CC(=O)N(Cc1ncc(C(C)C)o1)[C@@H]1CCN(Cc2nccn2C)C1. The van der Waals surface area contributed by atoms with E-state index in [-0.39, 0.29) is 11.9 Å². The molecule has 0 radical (unpaired) electrons. The molecule has 1 atom stereocenters. The maximum Gasteiger partial charge on any atom is 0.220 e. The van der Waals surface area contributed by atoms with Crippen molar-refractivity contribution in [2.24, 2.45) is 7.05 Å². The lowest BCUT2D eigenvalue weighted by Gasteiger charge is -2.27. The maximum atomic E-state index is 12.2. The summed E-state index contributed by atoms with van der Waals surface area (Å²) in [6.07, 6.45) is 6.50. The molecule has 7 nitrogen and oxygen atoms in total. The van der Waals surface area contributed by atoms with Crippen LogP contribution in [-0.2, 0) is 24.9 Å². The Labute approximate surface area is 148 Å². The van der Waals surface area contributed by atoms with Crippen LogP contribution in [0, 0.1) is 0 Å². The zero-order valence-corrected chi connectivity index (χ0v) is 15.5. The van der Waals surface area contributed by atoms with Gasteiger partial charge in [0.2, 0.25) is 11.8 Å². The summed E-state index contributed by atoms with van der Waals surface area (Å²) < 4.78 is 7.82. The Bertz CT molecular complexity index is 721. The molecule has 3 heterocycles. The van der Waals surface area contributed by atoms with Gasteiger partial charge < -0.3 is 13.9 Å². The Kier molecular flexibility index (Phi) is 5.22. The molecule has 0 aromatic carbocycles. The first-order valence-electron chi connectivity index (χ1n) is 8.84. The van der Waals surface area contributed by atoms with Crippen molar-refractivity contribution in [3.8, 4) is 0 Å². The lowest BCUT2D eigenvalue weighted by atomic mass is 10.2. The van der Waals surface area contributed by atoms with Crippen LogP contribution in [0.25, 0.3) is 0 Å². The molecule has 3 rings (SSSR count). The number of amides is 1. The second kappa shape index (κ2) is 7.39. The summed E-state index contributed by atoms with van der Waals surface area (Å²) in [6, 6.07) is 0.187. The largest absolute Gasteiger partial charge is 0.444 e. The molecule has 1 amide bonds. The van der Waals surface area contributed by atoms with Gasteiger partial charge in [0.25, 0.3) is 0 Å². The second-order valence-electron chi connectivity index (χ2n) is 7.09. The molecule has 0 saturated carbocycles. The van der Waals surface area contributed by atoms with Crippen LogP contribution in [0.15, 0.2) is 23.0 Å². The van der Waals surface area contributed by atoms with E-state index in [1.54, 1.807) is 13.1 Å². The van der Waals surface area contributed by atoms with Crippen molar-refractivity contribution in [3.63, 3.8) is 0 Å². The number of carbonyl (C=O) groups is 1. The summed E-state index contributed by atoms with van der Waals surface area (Å²) in [6.45, 7) is 8.81. The number of carbonyl (C=O) groups excluding carboxylic acids is 1. The van der Waals surface area contributed by atoms with Gasteiger partial charge in [0.1, 0.15) is 11.6 Å². The Morgan fingerprint density at radius 2 is 2.24 bits per heavy atom. The van der Waals surface area contributed by atoms with E-state index in [1.807, 2.05) is 28.9 Å². The molecule has 25 heavy (non-hydrogen) atoms. The molecule has 2 aromatic rings. The molecule has 1 aliphatic rings. The van der Waals surface area contributed by atoms with Crippen molar-refractivity contribution < 1.29 is 9.21 Å². The zero-order chi connectivity index (χ0) is 18.0. The molecule has 2 aromatic heterocycles. The number of aryl methyl sites for hydroxylation is 1. The van der Waals surface area contributed by atoms with Crippen LogP contribution in [0.5, 0.6) is 0 Å². The molecule has 7 heteroatoms. The van der Waals surface area contributed by atoms with Crippen LogP contribution in [0.1, 0.15) is 50.6 Å². The van der Waals surface area contributed by atoms with Crippen LogP contribution in [0.3, 0.4) is 0 Å². The second-order valence-corrected chi connectivity index (χ2v) is 7.09. The van der Waals surface area contributed by atoms with E-state index < -0.39 is 0 Å². The van der Waals surface area contributed by atoms with E-state index in [0.717, 1.165) is 37.6 Å². The molecule has 136 valence electrons. The fraction of sp³-hybridized carbons (Fsp3) is 0.611. The van der Waals surface area contributed by atoms with Crippen molar-refractivity contribution in [1.82, 2.24) is 24.3 Å². The molecule has 0 N–H and O–H groups in total. The Morgan fingerprint density at radius 1 is 1.44 bits per heavy atom. The molecule has 0 unspecified atom stereocenters. The minimum atomic E-state index is 0.0631. The van der Waals surface area contributed by atoms with Crippen LogP contribution >= 0.6 is 0 Å². The van der Waals surface area contributed by atoms with Crippen molar-refractivity contribution in [1.29, 1.82) is 0 Å². The average molecular weight is 345 g/mol. The first-order chi connectivity index (χ1) is 11.9. The van der Waals surface area contributed by atoms with Crippen molar-refractivity contribution >= 4 is 5.91 Å². The summed E-state index contributed by atoms with van der Waals surface area (Å²) in [5.74, 6) is 2.88. The highest BCUT2D eigenvalue weighted by atomic mass is 16.4. The Hall–Kier alpha value is -2.15. The summed E-state index contributed by atoms with van der Waals surface area (Å²) >= 11 is 0. The van der Waals surface area contributed by atoms with E-state index in [9.17, 15) is 4.79 Å². The normalized spacial score (nSPS) is 18.2. The average Bonchev–Trinajstić information content (AvgIpc) is 3.27. The number of likely N-dealkylation sites (tertiary alicyclic amines) is 1. The summed E-state index contributed by atoms with van der Waals surface area (Å²) in [5, 5.41) is 0. The predicted octanol–water partition coefficient (Wildman–Crippen LogP) is 2.15. The molecule has 0 aliphatic carbocycles. The van der Waals surface area contributed by atoms with E-state index >= 15 is 0 Å². The summed E-state index contributed by atoms with van der Waals surface area (Å²) in [7, 11) is 2.01. The third-order valence-electron chi connectivity index (χ3n) is 4.82. The molecule has 1 fully saturated rings. The lowest BCUT2D eigenvalue weighted by molar-refractivity contribution is -0.132. The van der Waals surface area contributed by atoms with Gasteiger partial charge in [-0.2, -0.15) is 0 Å². The molecule has 0 spiro atoms. The predicted molar refractivity (Wildman–Crippen MR) is 93.7 cm³/mol. The smallest absolute Gasteiger partial charge is 0.220 e. The van der Waals surface area contributed by atoms with Crippen LogP contribution in [0.2, 0.25) is 0 Å². The van der Waals surface area contributed by atoms with Gasteiger partial charge in [-0.25, -0.2) is 9.97 Å². The van der Waals surface area contributed by atoms with E-state index in [1.165, 1.54) is 0 Å². The number of oxazole rings is 1. The highest BCUT2D eigenvalue weighted by Gasteiger charge is 2.30. The first-order valence-corrected chi connectivity index (χ1v) is 8.84. The Balaban J connectivity index is 1.63. The van der Waals surface area contributed by atoms with Gasteiger partial charge in [0.15, 0.2) is 0 Å². The van der Waals surface area contributed by atoms with Gasteiger partial charge in [-0.05, 0) is 6.42 Å². The van der Waals surface area contributed by atoms with Gasteiger partial charge in [0, 0.05) is 51.4 Å². The highest BCUT2D eigenvalue weighted by Crippen LogP contribution is 2.21. The van der Waals surface area contributed by atoms with Crippen LogP contribution < -0.4 is 0 Å². The van der Waals surface area contributed by atoms with Gasteiger partial charge in [-0.15, -0.1) is 0 Å². The third-order valence-corrected chi connectivity index (χ3v) is 4.82. The monoisotopic (exact) mass is 345 g/mol. The minimum Gasteiger partial charge on any atom is -0.444 e. The summed E-state index contributed by atoms with van der Waals surface area (Å²) in [4.78, 5) is 25.1. The van der Waals surface area contributed by atoms with Crippen molar-refractivity contribution in [2.75, 3.05) is 13.1 Å². The Morgan fingerprint density at radius 3 is 2.84 bits per heavy atom. The van der Waals surface area contributed by atoms with Crippen molar-refractivity contribution in [2.45, 2.75) is 52.2 Å². The van der Waals surface area contributed by atoms with Gasteiger partial charge in [-0.1, -0.05) is 13.8 Å². The third kappa shape index (κ3) is 4.10. The molecule has 1 aliphatic heterocycles. The molecule has 1 saturated heterocycles.